The summed E-state index contributed by atoms with van der Waals surface area (Å²) in [4.78, 5) is 5.45. The number of aryl methyl sites for hydroxylation is 1. The van der Waals surface area contributed by atoms with Gasteiger partial charge in [-0.1, -0.05) is 23.8 Å². The number of hydrogen-bond acceptors (Lipinski definition) is 3. The van der Waals surface area contributed by atoms with E-state index < -0.39 is 0 Å². The van der Waals surface area contributed by atoms with E-state index in [0.29, 0.717) is 5.92 Å². The molecule has 0 radical (unpaired) electrons. The first-order valence-electron chi connectivity index (χ1n) is 5.76. The Labute approximate surface area is 105 Å². The largest absolute Gasteiger partial charge is 0.239 e. The van der Waals surface area contributed by atoms with Gasteiger partial charge in [0.25, 0.3) is 0 Å². The van der Waals surface area contributed by atoms with E-state index in [1.165, 1.54) is 29.7 Å². The van der Waals surface area contributed by atoms with E-state index in [-0.39, 0.29) is 0 Å². The van der Waals surface area contributed by atoms with E-state index in [1.807, 2.05) is 6.07 Å². The monoisotopic (exact) mass is 240 g/mol. The van der Waals surface area contributed by atoms with E-state index in [1.54, 1.807) is 0 Å². The standard InChI is InChI=1S/C14H12N2S/c1-9-3-2-4-11(7-9)14-16-13(10-5-6-10)12(8-15)17-14/h2-4,7,10H,5-6H2,1H3. The summed E-state index contributed by atoms with van der Waals surface area (Å²) in [6, 6.07) is 10.6. The van der Waals surface area contributed by atoms with Crippen molar-refractivity contribution in [3.05, 3.63) is 40.4 Å². The fourth-order valence-corrected chi connectivity index (χ4v) is 2.89. The van der Waals surface area contributed by atoms with Crippen LogP contribution in [-0.2, 0) is 0 Å². The molecular weight excluding hydrogens is 228 g/mol. The highest BCUT2D eigenvalue weighted by molar-refractivity contribution is 7.15. The summed E-state index contributed by atoms with van der Waals surface area (Å²) in [6.07, 6.45) is 2.37. The molecule has 0 unspecified atom stereocenters. The molecule has 17 heavy (non-hydrogen) atoms. The van der Waals surface area contributed by atoms with Gasteiger partial charge >= 0.3 is 0 Å². The second-order valence-corrected chi connectivity index (χ2v) is 5.49. The first-order valence-corrected chi connectivity index (χ1v) is 6.57. The molecule has 84 valence electrons. The summed E-state index contributed by atoms with van der Waals surface area (Å²) in [6.45, 7) is 2.07. The molecular formula is C14H12N2S. The van der Waals surface area contributed by atoms with Crippen molar-refractivity contribution in [1.29, 1.82) is 5.26 Å². The fourth-order valence-electron chi connectivity index (χ4n) is 1.95. The highest BCUT2D eigenvalue weighted by Gasteiger charge is 2.29. The van der Waals surface area contributed by atoms with Crippen LogP contribution in [0, 0.1) is 18.3 Å². The second kappa shape index (κ2) is 3.97. The van der Waals surface area contributed by atoms with Crippen LogP contribution in [0.25, 0.3) is 10.6 Å². The first-order chi connectivity index (χ1) is 8.28. The van der Waals surface area contributed by atoms with Crippen LogP contribution in [0.1, 0.15) is 34.9 Å². The van der Waals surface area contributed by atoms with Crippen LogP contribution in [0.4, 0.5) is 0 Å². The normalized spacial score (nSPS) is 14.6. The highest BCUT2D eigenvalue weighted by atomic mass is 32.1. The van der Waals surface area contributed by atoms with E-state index >= 15 is 0 Å². The number of thiazole rings is 1. The van der Waals surface area contributed by atoms with Gasteiger partial charge in [0.05, 0.1) is 5.69 Å². The van der Waals surface area contributed by atoms with Gasteiger partial charge in [-0.3, -0.25) is 0 Å². The number of hydrogen-bond donors (Lipinski definition) is 0. The van der Waals surface area contributed by atoms with Gasteiger partial charge in [-0.05, 0) is 25.8 Å². The SMILES string of the molecule is Cc1cccc(-c2nc(C3CC3)c(C#N)s2)c1. The number of aromatic nitrogens is 1. The summed E-state index contributed by atoms with van der Waals surface area (Å²) in [5.74, 6) is 0.541. The van der Waals surface area contributed by atoms with Crippen molar-refractivity contribution in [3.63, 3.8) is 0 Å². The molecule has 3 heteroatoms. The van der Waals surface area contributed by atoms with Crippen molar-refractivity contribution in [2.45, 2.75) is 25.7 Å². The summed E-state index contributed by atoms with van der Waals surface area (Å²) in [7, 11) is 0. The summed E-state index contributed by atoms with van der Waals surface area (Å²) >= 11 is 1.52. The average molecular weight is 240 g/mol. The smallest absolute Gasteiger partial charge is 0.128 e. The third-order valence-corrected chi connectivity index (χ3v) is 4.01. The van der Waals surface area contributed by atoms with Crippen LogP contribution in [-0.4, -0.2) is 4.98 Å². The molecule has 1 saturated carbocycles. The van der Waals surface area contributed by atoms with E-state index in [0.717, 1.165) is 21.1 Å². The zero-order valence-corrected chi connectivity index (χ0v) is 10.4. The topological polar surface area (TPSA) is 36.7 Å². The van der Waals surface area contributed by atoms with Crippen LogP contribution < -0.4 is 0 Å². The van der Waals surface area contributed by atoms with Crippen molar-refractivity contribution >= 4 is 11.3 Å². The lowest BCUT2D eigenvalue weighted by atomic mass is 10.1. The molecule has 3 rings (SSSR count). The highest BCUT2D eigenvalue weighted by Crippen LogP contribution is 2.43. The summed E-state index contributed by atoms with van der Waals surface area (Å²) in [5, 5.41) is 10.1. The Morgan fingerprint density at radius 1 is 1.41 bits per heavy atom. The molecule has 0 N–H and O–H groups in total. The molecule has 0 amide bonds. The molecule has 0 spiro atoms. The van der Waals surface area contributed by atoms with E-state index in [9.17, 15) is 0 Å². The van der Waals surface area contributed by atoms with Gasteiger partial charge < -0.3 is 0 Å². The molecule has 0 aliphatic heterocycles. The minimum Gasteiger partial charge on any atom is -0.239 e. The lowest BCUT2D eigenvalue weighted by molar-refractivity contribution is 1.04. The van der Waals surface area contributed by atoms with Gasteiger partial charge in [-0.2, -0.15) is 5.26 Å². The van der Waals surface area contributed by atoms with Gasteiger partial charge in [0.2, 0.25) is 0 Å². The summed E-state index contributed by atoms with van der Waals surface area (Å²) in [5.41, 5.74) is 3.37. The van der Waals surface area contributed by atoms with Crippen LogP contribution in [0.3, 0.4) is 0 Å². The van der Waals surface area contributed by atoms with Crippen LogP contribution in [0.15, 0.2) is 24.3 Å². The predicted molar refractivity (Wildman–Crippen MR) is 69.0 cm³/mol. The van der Waals surface area contributed by atoms with Gasteiger partial charge in [-0.15, -0.1) is 11.3 Å². The van der Waals surface area contributed by atoms with E-state index in [2.05, 4.69) is 36.2 Å². The van der Waals surface area contributed by atoms with E-state index in [4.69, 9.17) is 5.26 Å². The maximum absolute atomic E-state index is 9.13. The summed E-state index contributed by atoms with van der Waals surface area (Å²) < 4.78 is 0. The van der Waals surface area contributed by atoms with Gasteiger partial charge in [0.1, 0.15) is 16.0 Å². The van der Waals surface area contributed by atoms with Crippen LogP contribution in [0.2, 0.25) is 0 Å². The Balaban J connectivity index is 2.07. The molecule has 0 saturated heterocycles. The number of rotatable bonds is 2. The van der Waals surface area contributed by atoms with Gasteiger partial charge in [0, 0.05) is 11.5 Å². The fraction of sp³-hybridized carbons (Fsp3) is 0.286. The average Bonchev–Trinajstić information content (AvgIpc) is 3.08. The molecule has 1 aliphatic carbocycles. The minimum atomic E-state index is 0.541. The maximum atomic E-state index is 9.13. The van der Waals surface area contributed by atoms with Crippen molar-refractivity contribution in [3.8, 4) is 16.6 Å². The number of benzene rings is 1. The van der Waals surface area contributed by atoms with Crippen molar-refractivity contribution < 1.29 is 0 Å². The third-order valence-electron chi connectivity index (χ3n) is 2.98. The Hall–Kier alpha value is -1.66. The maximum Gasteiger partial charge on any atom is 0.128 e. The minimum absolute atomic E-state index is 0.541. The molecule has 1 fully saturated rings. The Morgan fingerprint density at radius 2 is 2.24 bits per heavy atom. The Kier molecular flexibility index (Phi) is 2.45. The number of nitriles is 1. The predicted octanol–water partition coefficient (Wildman–Crippen LogP) is 3.87. The molecule has 1 aromatic heterocycles. The molecule has 0 bridgehead atoms. The number of nitrogens with zero attached hydrogens (tertiary/aromatic N) is 2. The molecule has 1 aliphatic rings. The lowest BCUT2D eigenvalue weighted by Crippen LogP contribution is -1.83. The molecule has 1 aromatic carbocycles. The van der Waals surface area contributed by atoms with Crippen LogP contribution >= 0.6 is 11.3 Å². The van der Waals surface area contributed by atoms with Gasteiger partial charge in [0.15, 0.2) is 0 Å². The van der Waals surface area contributed by atoms with Crippen LogP contribution in [0.5, 0.6) is 0 Å². The Bertz CT molecular complexity index is 603. The Morgan fingerprint density at radius 3 is 2.88 bits per heavy atom. The first kappa shape index (κ1) is 10.5. The second-order valence-electron chi connectivity index (χ2n) is 4.49. The van der Waals surface area contributed by atoms with Crippen molar-refractivity contribution in [1.82, 2.24) is 4.98 Å². The van der Waals surface area contributed by atoms with Crippen molar-refractivity contribution in [2.24, 2.45) is 0 Å². The zero-order valence-electron chi connectivity index (χ0n) is 9.60. The zero-order chi connectivity index (χ0) is 11.8. The molecule has 2 nitrogen and oxygen atoms in total. The quantitative estimate of drug-likeness (QED) is 0.799. The third kappa shape index (κ3) is 1.96. The van der Waals surface area contributed by atoms with Gasteiger partial charge in [-0.25, -0.2) is 4.98 Å². The molecule has 2 aromatic rings. The molecule has 1 heterocycles. The van der Waals surface area contributed by atoms with Crippen molar-refractivity contribution in [2.75, 3.05) is 0 Å². The molecule has 0 atom stereocenters. The lowest BCUT2D eigenvalue weighted by Gasteiger charge is -1.97.